The van der Waals surface area contributed by atoms with Crippen LogP contribution in [0.15, 0.2) is 59.1 Å². The number of aryl methyl sites for hydroxylation is 1. The molecule has 1 aromatic heterocycles. The average molecular weight is 462 g/mol. The molecular formula is C27H31N3O4. The summed E-state index contributed by atoms with van der Waals surface area (Å²) >= 11 is 0. The normalized spacial score (nSPS) is 19.4. The van der Waals surface area contributed by atoms with E-state index in [0.717, 1.165) is 11.3 Å². The number of dihydropyridines is 1. The van der Waals surface area contributed by atoms with Crippen LogP contribution in [0, 0.1) is 12.3 Å². The van der Waals surface area contributed by atoms with Crippen molar-refractivity contribution in [2.75, 3.05) is 19.5 Å². The van der Waals surface area contributed by atoms with Crippen LogP contribution in [0.25, 0.3) is 0 Å². The van der Waals surface area contributed by atoms with Crippen molar-refractivity contribution in [1.82, 2.24) is 10.3 Å². The third kappa shape index (κ3) is 4.42. The number of carbonyl (C=O) groups excluding carboxylic acids is 2. The third-order valence-corrected chi connectivity index (χ3v) is 6.39. The van der Waals surface area contributed by atoms with Gasteiger partial charge in [0.15, 0.2) is 5.78 Å². The molecule has 2 aliphatic rings. The highest BCUT2D eigenvalue weighted by Crippen LogP contribution is 2.49. The fourth-order valence-electron chi connectivity index (χ4n) is 4.84. The maximum absolute atomic E-state index is 13.7. The number of hydrogen-bond acceptors (Lipinski definition) is 6. The van der Waals surface area contributed by atoms with Gasteiger partial charge in [-0.3, -0.25) is 9.59 Å². The monoisotopic (exact) mass is 461 g/mol. The van der Waals surface area contributed by atoms with Gasteiger partial charge in [-0.15, -0.1) is 0 Å². The molecule has 1 amide bonds. The topological polar surface area (TPSA) is 89.6 Å². The molecule has 0 unspecified atom stereocenters. The molecule has 178 valence electrons. The first-order chi connectivity index (χ1) is 16.1. The van der Waals surface area contributed by atoms with Crippen LogP contribution in [-0.2, 0) is 9.59 Å². The number of ketones is 1. The molecule has 4 rings (SSSR count). The molecule has 0 saturated heterocycles. The van der Waals surface area contributed by atoms with Crippen LogP contribution >= 0.6 is 0 Å². The Morgan fingerprint density at radius 2 is 1.88 bits per heavy atom. The molecule has 1 aromatic carbocycles. The van der Waals surface area contributed by atoms with E-state index in [1.165, 1.54) is 0 Å². The Morgan fingerprint density at radius 1 is 1.12 bits per heavy atom. The summed E-state index contributed by atoms with van der Waals surface area (Å²) in [6.45, 7) is 7.97. The Bertz CT molecular complexity index is 1210. The van der Waals surface area contributed by atoms with Crippen molar-refractivity contribution in [3.8, 4) is 11.5 Å². The number of Topliss-reactive ketones (excluding diaryl/α,β-unsaturated/α-hetero) is 1. The van der Waals surface area contributed by atoms with E-state index in [2.05, 4.69) is 29.5 Å². The van der Waals surface area contributed by atoms with Gasteiger partial charge in [-0.1, -0.05) is 19.9 Å². The number of carbonyl (C=O) groups is 2. The molecule has 0 fully saturated rings. The second kappa shape index (κ2) is 8.97. The molecule has 2 heterocycles. The van der Waals surface area contributed by atoms with E-state index in [4.69, 9.17) is 9.47 Å². The van der Waals surface area contributed by atoms with Crippen LogP contribution in [0.5, 0.6) is 11.5 Å². The second-order valence-corrected chi connectivity index (χ2v) is 9.71. The molecule has 7 heteroatoms. The van der Waals surface area contributed by atoms with Gasteiger partial charge in [-0.05, 0) is 55.5 Å². The van der Waals surface area contributed by atoms with Crippen LogP contribution in [0.3, 0.4) is 0 Å². The van der Waals surface area contributed by atoms with Crippen molar-refractivity contribution in [3.05, 3.63) is 70.2 Å². The zero-order chi connectivity index (χ0) is 24.6. The third-order valence-electron chi connectivity index (χ3n) is 6.39. The Hall–Kier alpha value is -3.61. The molecule has 0 spiro atoms. The van der Waals surface area contributed by atoms with Crippen LogP contribution in [0.1, 0.15) is 50.7 Å². The molecule has 7 nitrogen and oxygen atoms in total. The summed E-state index contributed by atoms with van der Waals surface area (Å²) in [5.41, 5.74) is 4.17. The molecule has 1 aliphatic carbocycles. The predicted octanol–water partition coefficient (Wildman–Crippen LogP) is 4.65. The highest BCUT2D eigenvalue weighted by molar-refractivity contribution is 6.09. The maximum atomic E-state index is 13.7. The number of nitrogens with zero attached hydrogens (tertiary/aromatic N) is 1. The lowest BCUT2D eigenvalue weighted by Crippen LogP contribution is -2.39. The van der Waals surface area contributed by atoms with Crippen molar-refractivity contribution >= 4 is 17.5 Å². The van der Waals surface area contributed by atoms with Gasteiger partial charge >= 0.3 is 0 Å². The Balaban J connectivity index is 1.87. The number of rotatable bonds is 5. The molecular weight excluding hydrogens is 430 g/mol. The highest BCUT2D eigenvalue weighted by atomic mass is 16.5. The zero-order valence-electron chi connectivity index (χ0n) is 20.5. The number of amides is 1. The minimum absolute atomic E-state index is 0.0277. The van der Waals surface area contributed by atoms with E-state index in [-0.39, 0.29) is 17.1 Å². The number of methoxy groups -OCH3 is 2. The lowest BCUT2D eigenvalue weighted by atomic mass is 9.68. The Kier molecular flexibility index (Phi) is 6.21. The summed E-state index contributed by atoms with van der Waals surface area (Å²) in [6, 6.07) is 9.10. The van der Waals surface area contributed by atoms with Crippen LogP contribution in [-0.4, -0.2) is 30.9 Å². The molecule has 1 aliphatic heterocycles. The van der Waals surface area contributed by atoms with Gasteiger partial charge in [-0.2, -0.15) is 0 Å². The van der Waals surface area contributed by atoms with Gasteiger partial charge in [0.1, 0.15) is 17.3 Å². The number of ether oxygens (including phenoxy) is 2. The average Bonchev–Trinajstić information content (AvgIpc) is 2.78. The maximum Gasteiger partial charge on any atom is 0.255 e. The first-order valence-corrected chi connectivity index (χ1v) is 11.3. The van der Waals surface area contributed by atoms with Crippen LogP contribution in [0.4, 0.5) is 5.82 Å². The first kappa shape index (κ1) is 23.5. The van der Waals surface area contributed by atoms with Gasteiger partial charge in [0.2, 0.25) is 0 Å². The zero-order valence-corrected chi connectivity index (χ0v) is 20.5. The summed E-state index contributed by atoms with van der Waals surface area (Å²) in [5.74, 6) is 0.764. The number of nitrogens with one attached hydrogen (secondary N) is 2. The van der Waals surface area contributed by atoms with Crippen molar-refractivity contribution in [2.45, 2.75) is 46.5 Å². The highest BCUT2D eigenvalue weighted by Gasteiger charge is 2.43. The van der Waals surface area contributed by atoms with Crippen LogP contribution < -0.4 is 20.1 Å². The van der Waals surface area contributed by atoms with Crippen molar-refractivity contribution in [1.29, 1.82) is 0 Å². The van der Waals surface area contributed by atoms with Crippen molar-refractivity contribution in [3.63, 3.8) is 0 Å². The lowest BCUT2D eigenvalue weighted by molar-refractivity contribution is -0.118. The van der Waals surface area contributed by atoms with Crippen molar-refractivity contribution in [2.24, 2.45) is 5.41 Å². The van der Waals surface area contributed by atoms with Crippen molar-refractivity contribution < 1.29 is 19.1 Å². The number of benzene rings is 1. The molecule has 0 bridgehead atoms. The number of pyridine rings is 1. The molecule has 0 radical (unpaired) electrons. The van der Waals surface area contributed by atoms with E-state index in [9.17, 15) is 9.59 Å². The quantitative estimate of drug-likeness (QED) is 0.674. The van der Waals surface area contributed by atoms with Gasteiger partial charge in [0, 0.05) is 40.7 Å². The minimum atomic E-state index is -0.602. The Labute approximate surface area is 200 Å². The summed E-state index contributed by atoms with van der Waals surface area (Å²) in [4.78, 5) is 31.5. The van der Waals surface area contributed by atoms with Gasteiger partial charge in [-0.25, -0.2) is 4.98 Å². The van der Waals surface area contributed by atoms with E-state index in [1.807, 2.05) is 26.0 Å². The van der Waals surface area contributed by atoms with Crippen LogP contribution in [0.2, 0.25) is 0 Å². The standard InChI is InChI=1S/C27H31N3O4/c1-15-7-10-22(28-14-15)30-26(32)23-16(2)29-19-12-27(3,4)13-20(31)25(19)24(23)18-11-17(33-5)8-9-21(18)34-6/h7-11,14,24,29H,12-13H2,1-6H3,(H,28,30,32)/t24-/m0/s1. The van der Waals surface area contributed by atoms with E-state index in [1.54, 1.807) is 38.6 Å². The van der Waals surface area contributed by atoms with Gasteiger partial charge in [0.05, 0.1) is 20.1 Å². The molecule has 0 saturated carbocycles. The number of anilines is 1. The lowest BCUT2D eigenvalue weighted by Gasteiger charge is -2.40. The molecule has 2 N–H and O–H groups in total. The second-order valence-electron chi connectivity index (χ2n) is 9.71. The number of hydrogen-bond donors (Lipinski definition) is 2. The fraction of sp³-hybridized carbons (Fsp3) is 0.370. The minimum Gasteiger partial charge on any atom is -0.497 e. The Morgan fingerprint density at radius 3 is 2.53 bits per heavy atom. The van der Waals surface area contributed by atoms with E-state index >= 15 is 0 Å². The van der Waals surface area contributed by atoms with E-state index < -0.39 is 5.92 Å². The van der Waals surface area contributed by atoms with Gasteiger partial charge < -0.3 is 20.1 Å². The summed E-state index contributed by atoms with van der Waals surface area (Å²) < 4.78 is 11.1. The summed E-state index contributed by atoms with van der Waals surface area (Å²) in [5, 5.41) is 6.29. The summed E-state index contributed by atoms with van der Waals surface area (Å²) in [7, 11) is 3.17. The SMILES string of the molecule is COc1ccc(OC)c([C@H]2C(C(=O)Nc3ccc(C)cn3)=C(C)NC3=C2C(=O)CC(C)(C)C3)c1. The number of aromatic nitrogens is 1. The van der Waals surface area contributed by atoms with E-state index in [0.29, 0.717) is 52.6 Å². The predicted molar refractivity (Wildman–Crippen MR) is 131 cm³/mol. The fourth-order valence-corrected chi connectivity index (χ4v) is 4.84. The summed E-state index contributed by atoms with van der Waals surface area (Å²) in [6.07, 6.45) is 2.82. The first-order valence-electron chi connectivity index (χ1n) is 11.3. The largest absolute Gasteiger partial charge is 0.497 e. The van der Waals surface area contributed by atoms with Gasteiger partial charge in [0.25, 0.3) is 5.91 Å². The smallest absolute Gasteiger partial charge is 0.255 e. The molecule has 1 atom stereocenters. The molecule has 34 heavy (non-hydrogen) atoms. The molecule has 2 aromatic rings. The number of allylic oxidation sites excluding steroid dienone is 3.